The highest BCUT2D eigenvalue weighted by Gasteiger charge is 2.00. The summed E-state index contributed by atoms with van der Waals surface area (Å²) >= 11 is 0. The van der Waals surface area contributed by atoms with Gasteiger partial charge in [0.1, 0.15) is 0 Å². The summed E-state index contributed by atoms with van der Waals surface area (Å²) in [5.74, 6) is 0. The Balaban J connectivity index is 2.84. The van der Waals surface area contributed by atoms with Gasteiger partial charge < -0.3 is 4.57 Å². The van der Waals surface area contributed by atoms with Gasteiger partial charge in [-0.25, -0.2) is 0 Å². The number of hydrogen-bond donors (Lipinski definition) is 0. The van der Waals surface area contributed by atoms with Gasteiger partial charge in [-0.05, 0) is 31.4 Å². The van der Waals surface area contributed by atoms with Crippen LogP contribution >= 0.6 is 0 Å². The van der Waals surface area contributed by atoms with E-state index < -0.39 is 0 Å². The third-order valence-corrected chi connectivity index (χ3v) is 2.47. The van der Waals surface area contributed by atoms with Gasteiger partial charge in [0, 0.05) is 18.1 Å². The SMILES string of the molecule is CCn1ccc2cc(C)ccc2c1=O. The van der Waals surface area contributed by atoms with Gasteiger partial charge in [-0.3, -0.25) is 4.79 Å². The lowest BCUT2D eigenvalue weighted by Crippen LogP contribution is -2.18. The van der Waals surface area contributed by atoms with E-state index in [1.165, 1.54) is 5.56 Å². The maximum atomic E-state index is 11.8. The molecular weight excluding hydrogens is 174 g/mol. The van der Waals surface area contributed by atoms with Gasteiger partial charge in [0.25, 0.3) is 5.56 Å². The van der Waals surface area contributed by atoms with Crippen LogP contribution in [0.25, 0.3) is 10.8 Å². The van der Waals surface area contributed by atoms with E-state index in [4.69, 9.17) is 0 Å². The van der Waals surface area contributed by atoms with Crippen molar-refractivity contribution in [3.63, 3.8) is 0 Å². The Bertz CT molecular complexity index is 525. The van der Waals surface area contributed by atoms with Gasteiger partial charge in [-0.15, -0.1) is 0 Å². The number of rotatable bonds is 1. The quantitative estimate of drug-likeness (QED) is 0.671. The van der Waals surface area contributed by atoms with Gasteiger partial charge in [-0.1, -0.05) is 17.7 Å². The molecule has 0 bridgehead atoms. The maximum Gasteiger partial charge on any atom is 0.258 e. The number of pyridine rings is 1. The van der Waals surface area contributed by atoms with Crippen molar-refractivity contribution in [1.29, 1.82) is 0 Å². The Morgan fingerprint density at radius 2 is 2.07 bits per heavy atom. The summed E-state index contributed by atoms with van der Waals surface area (Å²) in [6.45, 7) is 4.73. The van der Waals surface area contributed by atoms with E-state index in [1.54, 1.807) is 4.57 Å². The molecule has 0 saturated carbocycles. The van der Waals surface area contributed by atoms with Crippen molar-refractivity contribution in [3.05, 3.63) is 46.4 Å². The molecule has 1 aromatic heterocycles. The minimum Gasteiger partial charge on any atom is -0.315 e. The molecule has 0 saturated heterocycles. The van der Waals surface area contributed by atoms with E-state index in [2.05, 4.69) is 0 Å². The molecule has 0 radical (unpaired) electrons. The number of aromatic nitrogens is 1. The van der Waals surface area contributed by atoms with Crippen molar-refractivity contribution in [2.75, 3.05) is 0 Å². The maximum absolute atomic E-state index is 11.8. The summed E-state index contributed by atoms with van der Waals surface area (Å²) < 4.78 is 1.72. The lowest BCUT2D eigenvalue weighted by atomic mass is 10.1. The summed E-state index contributed by atoms with van der Waals surface area (Å²) in [5.41, 5.74) is 1.29. The highest BCUT2D eigenvalue weighted by Crippen LogP contribution is 2.11. The summed E-state index contributed by atoms with van der Waals surface area (Å²) in [7, 11) is 0. The predicted octanol–water partition coefficient (Wildman–Crippen LogP) is 2.33. The molecular formula is C12H13NO. The highest BCUT2D eigenvalue weighted by atomic mass is 16.1. The van der Waals surface area contributed by atoms with Gasteiger partial charge >= 0.3 is 0 Å². The number of fused-ring (bicyclic) bond motifs is 1. The molecule has 0 amide bonds. The first-order valence-corrected chi connectivity index (χ1v) is 4.82. The molecule has 2 rings (SSSR count). The van der Waals surface area contributed by atoms with Crippen LogP contribution in [0.5, 0.6) is 0 Å². The number of benzene rings is 1. The number of nitrogens with zero attached hydrogens (tertiary/aromatic N) is 1. The molecule has 2 nitrogen and oxygen atoms in total. The summed E-state index contributed by atoms with van der Waals surface area (Å²) in [6.07, 6.45) is 1.85. The highest BCUT2D eigenvalue weighted by molar-refractivity contribution is 5.81. The topological polar surface area (TPSA) is 22.0 Å². The predicted molar refractivity (Wildman–Crippen MR) is 58.6 cm³/mol. The number of aryl methyl sites for hydroxylation is 2. The molecule has 2 heteroatoms. The summed E-state index contributed by atoms with van der Waals surface area (Å²) in [5, 5.41) is 1.83. The van der Waals surface area contributed by atoms with Crippen LogP contribution in [-0.2, 0) is 6.54 Å². The molecule has 0 fully saturated rings. The van der Waals surface area contributed by atoms with E-state index in [0.29, 0.717) is 0 Å². The van der Waals surface area contributed by atoms with Crippen molar-refractivity contribution in [2.45, 2.75) is 20.4 Å². The zero-order valence-electron chi connectivity index (χ0n) is 8.45. The first-order chi connectivity index (χ1) is 6.72. The van der Waals surface area contributed by atoms with E-state index in [9.17, 15) is 4.79 Å². The molecule has 0 atom stereocenters. The molecule has 1 aromatic carbocycles. The lowest BCUT2D eigenvalue weighted by Gasteiger charge is -2.04. The largest absolute Gasteiger partial charge is 0.315 e. The van der Waals surface area contributed by atoms with Gasteiger partial charge in [0.2, 0.25) is 0 Å². The van der Waals surface area contributed by atoms with Crippen LogP contribution in [0.2, 0.25) is 0 Å². The molecule has 0 aliphatic carbocycles. The minimum atomic E-state index is 0.102. The first kappa shape index (κ1) is 9.00. The molecule has 0 aliphatic rings. The number of hydrogen-bond acceptors (Lipinski definition) is 1. The van der Waals surface area contributed by atoms with Crippen LogP contribution < -0.4 is 5.56 Å². The van der Waals surface area contributed by atoms with Crippen LogP contribution in [0.3, 0.4) is 0 Å². The fraction of sp³-hybridized carbons (Fsp3) is 0.250. The summed E-state index contributed by atoms with van der Waals surface area (Å²) in [6, 6.07) is 7.91. The Kier molecular flexibility index (Phi) is 2.12. The van der Waals surface area contributed by atoms with Crippen LogP contribution in [0, 0.1) is 6.92 Å². The standard InChI is InChI=1S/C12H13NO/c1-3-13-7-6-10-8-9(2)4-5-11(10)12(13)14/h4-8H,3H2,1-2H3. The van der Waals surface area contributed by atoms with Gasteiger partial charge in [0.15, 0.2) is 0 Å². The Morgan fingerprint density at radius 1 is 1.29 bits per heavy atom. The summed E-state index contributed by atoms with van der Waals surface area (Å²) in [4.78, 5) is 11.8. The Hall–Kier alpha value is -1.57. The third kappa shape index (κ3) is 1.33. The van der Waals surface area contributed by atoms with Crippen LogP contribution in [0.15, 0.2) is 35.3 Å². The minimum absolute atomic E-state index is 0.102. The van der Waals surface area contributed by atoms with Gasteiger partial charge in [-0.2, -0.15) is 0 Å². The van der Waals surface area contributed by atoms with E-state index >= 15 is 0 Å². The fourth-order valence-electron chi connectivity index (χ4n) is 1.66. The molecule has 0 unspecified atom stereocenters. The van der Waals surface area contributed by atoms with Crippen molar-refractivity contribution in [1.82, 2.24) is 4.57 Å². The molecule has 1 heterocycles. The van der Waals surface area contributed by atoms with Gasteiger partial charge in [0.05, 0.1) is 0 Å². The second kappa shape index (κ2) is 3.29. The molecule has 0 N–H and O–H groups in total. The van der Waals surface area contributed by atoms with Crippen molar-refractivity contribution in [2.24, 2.45) is 0 Å². The first-order valence-electron chi connectivity index (χ1n) is 4.82. The fourth-order valence-corrected chi connectivity index (χ4v) is 1.66. The van der Waals surface area contributed by atoms with Crippen LogP contribution in [-0.4, -0.2) is 4.57 Å². The average molecular weight is 187 g/mol. The molecule has 2 aromatic rings. The van der Waals surface area contributed by atoms with E-state index in [1.807, 2.05) is 44.3 Å². The average Bonchev–Trinajstić information content (AvgIpc) is 2.18. The molecule has 72 valence electrons. The lowest BCUT2D eigenvalue weighted by molar-refractivity contribution is 0.735. The zero-order valence-corrected chi connectivity index (χ0v) is 8.45. The van der Waals surface area contributed by atoms with E-state index in [0.717, 1.165) is 17.3 Å². The van der Waals surface area contributed by atoms with E-state index in [-0.39, 0.29) is 5.56 Å². The molecule has 0 spiro atoms. The van der Waals surface area contributed by atoms with Crippen molar-refractivity contribution < 1.29 is 0 Å². The monoisotopic (exact) mass is 187 g/mol. The van der Waals surface area contributed by atoms with Crippen molar-refractivity contribution >= 4 is 10.8 Å². The Morgan fingerprint density at radius 3 is 2.79 bits per heavy atom. The molecule has 14 heavy (non-hydrogen) atoms. The Labute approximate surface area is 82.8 Å². The third-order valence-electron chi connectivity index (χ3n) is 2.47. The zero-order chi connectivity index (χ0) is 10.1. The normalized spacial score (nSPS) is 10.7. The smallest absolute Gasteiger partial charge is 0.258 e. The van der Waals surface area contributed by atoms with Crippen LogP contribution in [0.4, 0.5) is 0 Å². The van der Waals surface area contributed by atoms with Crippen molar-refractivity contribution in [3.8, 4) is 0 Å². The van der Waals surface area contributed by atoms with Crippen LogP contribution in [0.1, 0.15) is 12.5 Å². The molecule has 0 aliphatic heterocycles. The second-order valence-corrected chi connectivity index (χ2v) is 3.50. The second-order valence-electron chi connectivity index (χ2n) is 3.50.